The molecule has 1 aliphatic heterocycles. The van der Waals surface area contributed by atoms with Crippen molar-refractivity contribution in [3.63, 3.8) is 0 Å². The van der Waals surface area contributed by atoms with Crippen LogP contribution in [0.25, 0.3) is 0 Å². The van der Waals surface area contributed by atoms with Gasteiger partial charge in [0.05, 0.1) is 19.4 Å². The molecular formula is C18H31IN4O2. The second kappa shape index (κ2) is 11.4. The van der Waals surface area contributed by atoms with Gasteiger partial charge in [-0.05, 0) is 30.4 Å². The number of guanidine groups is 1. The largest absolute Gasteiger partial charge is 0.467 e. The molecule has 0 radical (unpaired) electrons. The van der Waals surface area contributed by atoms with Crippen LogP contribution >= 0.6 is 24.0 Å². The number of halogens is 1. The summed E-state index contributed by atoms with van der Waals surface area (Å²) < 4.78 is 5.20. The molecule has 1 fully saturated rings. The van der Waals surface area contributed by atoms with Gasteiger partial charge in [-0.25, -0.2) is 0 Å². The molecule has 1 aliphatic rings. The minimum atomic E-state index is -0.0664. The molecule has 1 aromatic rings. The van der Waals surface area contributed by atoms with Crippen molar-refractivity contribution in [3.05, 3.63) is 24.2 Å². The maximum absolute atomic E-state index is 11.9. The predicted molar refractivity (Wildman–Crippen MR) is 111 cm³/mol. The summed E-state index contributed by atoms with van der Waals surface area (Å²) in [5, 5.41) is 6.00. The highest BCUT2D eigenvalue weighted by Gasteiger charge is 2.29. The molecule has 7 heteroatoms. The lowest BCUT2D eigenvalue weighted by atomic mass is 9.87. The van der Waals surface area contributed by atoms with Gasteiger partial charge in [0.2, 0.25) is 5.91 Å². The topological polar surface area (TPSA) is 69.9 Å². The fourth-order valence-electron chi connectivity index (χ4n) is 3.47. The molecule has 1 unspecified atom stereocenters. The number of nitrogens with one attached hydrogen (secondary N) is 2. The summed E-state index contributed by atoms with van der Waals surface area (Å²) in [6, 6.07) is 3.65. The molecule has 142 valence electrons. The van der Waals surface area contributed by atoms with Crippen molar-refractivity contribution < 1.29 is 9.21 Å². The van der Waals surface area contributed by atoms with Crippen molar-refractivity contribution in [2.45, 2.75) is 39.7 Å². The molecule has 0 spiro atoms. The number of rotatable bonds is 7. The molecule has 2 N–H and O–H groups in total. The first kappa shape index (κ1) is 21.8. The van der Waals surface area contributed by atoms with E-state index in [1.807, 2.05) is 12.1 Å². The molecule has 2 heterocycles. The van der Waals surface area contributed by atoms with Crippen LogP contribution < -0.4 is 10.6 Å². The van der Waals surface area contributed by atoms with Crippen LogP contribution in [0.3, 0.4) is 0 Å². The van der Waals surface area contributed by atoms with Gasteiger partial charge in [-0.2, -0.15) is 0 Å². The number of nitrogens with zero attached hydrogens (tertiary/aromatic N) is 2. The molecule has 25 heavy (non-hydrogen) atoms. The number of hydrogen-bond donors (Lipinski definition) is 2. The predicted octanol–water partition coefficient (Wildman–Crippen LogP) is 2.85. The second-order valence-corrected chi connectivity index (χ2v) is 6.33. The Kier molecular flexibility index (Phi) is 9.92. The van der Waals surface area contributed by atoms with Crippen molar-refractivity contribution in [1.29, 1.82) is 0 Å². The molecule has 0 bridgehead atoms. The van der Waals surface area contributed by atoms with Gasteiger partial charge in [0.15, 0.2) is 5.96 Å². The summed E-state index contributed by atoms with van der Waals surface area (Å²) in [6.07, 6.45) is 5.27. The number of carbonyl (C=O) groups is 1. The summed E-state index contributed by atoms with van der Waals surface area (Å²) in [5.74, 6) is 3.01. The van der Waals surface area contributed by atoms with E-state index in [9.17, 15) is 4.79 Å². The van der Waals surface area contributed by atoms with Crippen LogP contribution in [0.1, 0.15) is 38.9 Å². The standard InChI is InChI=1S/C18H30N4O2.HI/c1-4-14(5-2)15-8-9-22(13-15)18(19-3)21-12-17(23)20-11-16-7-6-10-24-16;/h6-7,10,14-15H,4-5,8-9,11-13H2,1-3H3,(H,19,21)(H,20,23);1H. The number of aliphatic imine (C=N–C) groups is 1. The quantitative estimate of drug-likeness (QED) is 0.372. The Morgan fingerprint density at radius 2 is 2.16 bits per heavy atom. The van der Waals surface area contributed by atoms with Gasteiger partial charge in [0.1, 0.15) is 5.76 Å². The highest BCUT2D eigenvalue weighted by atomic mass is 127. The first-order valence-corrected chi connectivity index (χ1v) is 8.92. The van der Waals surface area contributed by atoms with Gasteiger partial charge < -0.3 is 20.0 Å². The summed E-state index contributed by atoms with van der Waals surface area (Å²) in [6.45, 7) is 7.21. The number of furan rings is 1. The fraction of sp³-hybridized carbons (Fsp3) is 0.667. The Morgan fingerprint density at radius 3 is 2.76 bits per heavy atom. The van der Waals surface area contributed by atoms with Crippen molar-refractivity contribution in [2.75, 3.05) is 26.7 Å². The third-order valence-corrected chi connectivity index (χ3v) is 4.90. The van der Waals surface area contributed by atoms with Gasteiger partial charge in [0, 0.05) is 20.1 Å². The molecular weight excluding hydrogens is 431 g/mol. The molecule has 0 aliphatic carbocycles. The fourth-order valence-corrected chi connectivity index (χ4v) is 3.47. The zero-order chi connectivity index (χ0) is 17.4. The lowest BCUT2D eigenvalue weighted by Gasteiger charge is -2.24. The minimum Gasteiger partial charge on any atom is -0.467 e. The normalized spacial score (nSPS) is 17.5. The average molecular weight is 462 g/mol. The van der Waals surface area contributed by atoms with Crippen LogP contribution in [0.15, 0.2) is 27.8 Å². The molecule has 1 amide bonds. The summed E-state index contributed by atoms with van der Waals surface area (Å²) in [5.41, 5.74) is 0. The summed E-state index contributed by atoms with van der Waals surface area (Å²) in [4.78, 5) is 18.5. The van der Waals surface area contributed by atoms with E-state index in [-0.39, 0.29) is 36.4 Å². The smallest absolute Gasteiger partial charge is 0.239 e. The van der Waals surface area contributed by atoms with E-state index in [1.54, 1.807) is 13.3 Å². The van der Waals surface area contributed by atoms with E-state index < -0.39 is 0 Å². The van der Waals surface area contributed by atoms with Gasteiger partial charge in [0.25, 0.3) is 0 Å². The monoisotopic (exact) mass is 462 g/mol. The summed E-state index contributed by atoms with van der Waals surface area (Å²) >= 11 is 0. The number of amides is 1. The van der Waals surface area contributed by atoms with Crippen LogP contribution in [0.4, 0.5) is 0 Å². The van der Waals surface area contributed by atoms with Crippen molar-refractivity contribution in [1.82, 2.24) is 15.5 Å². The van der Waals surface area contributed by atoms with E-state index in [1.165, 1.54) is 19.3 Å². The van der Waals surface area contributed by atoms with Crippen LogP contribution in [-0.2, 0) is 11.3 Å². The Labute approximate surface area is 167 Å². The molecule has 1 saturated heterocycles. The van der Waals surface area contributed by atoms with Crippen LogP contribution in [0.2, 0.25) is 0 Å². The molecule has 6 nitrogen and oxygen atoms in total. The number of carbonyl (C=O) groups excluding carboxylic acids is 1. The first-order chi connectivity index (χ1) is 11.7. The Balaban J connectivity index is 0.00000312. The lowest BCUT2D eigenvalue weighted by Crippen LogP contribution is -2.44. The maximum atomic E-state index is 11.9. The van der Waals surface area contributed by atoms with Crippen molar-refractivity contribution in [2.24, 2.45) is 16.8 Å². The Morgan fingerprint density at radius 1 is 1.40 bits per heavy atom. The molecule has 1 atom stereocenters. The highest BCUT2D eigenvalue weighted by Crippen LogP contribution is 2.28. The minimum absolute atomic E-state index is 0. The van der Waals surface area contributed by atoms with Gasteiger partial charge in [-0.15, -0.1) is 24.0 Å². The van der Waals surface area contributed by atoms with E-state index in [2.05, 4.69) is 34.4 Å². The van der Waals surface area contributed by atoms with E-state index in [0.29, 0.717) is 6.54 Å². The lowest BCUT2D eigenvalue weighted by molar-refractivity contribution is -0.120. The first-order valence-electron chi connectivity index (χ1n) is 8.92. The van der Waals surface area contributed by atoms with Crippen LogP contribution in [0, 0.1) is 11.8 Å². The van der Waals surface area contributed by atoms with E-state index in [0.717, 1.165) is 36.6 Å². The number of likely N-dealkylation sites (tertiary alicyclic amines) is 1. The Bertz CT molecular complexity index is 529. The average Bonchev–Trinajstić information content (AvgIpc) is 3.27. The zero-order valence-corrected chi connectivity index (χ0v) is 17.8. The van der Waals surface area contributed by atoms with Crippen molar-refractivity contribution in [3.8, 4) is 0 Å². The molecule has 2 rings (SSSR count). The van der Waals surface area contributed by atoms with E-state index in [4.69, 9.17) is 4.42 Å². The highest BCUT2D eigenvalue weighted by molar-refractivity contribution is 14.0. The summed E-state index contributed by atoms with van der Waals surface area (Å²) in [7, 11) is 1.77. The van der Waals surface area contributed by atoms with Crippen LogP contribution in [-0.4, -0.2) is 43.4 Å². The third-order valence-electron chi connectivity index (χ3n) is 4.90. The van der Waals surface area contributed by atoms with Gasteiger partial charge in [-0.1, -0.05) is 26.7 Å². The Hall–Kier alpha value is -1.25. The van der Waals surface area contributed by atoms with E-state index >= 15 is 0 Å². The van der Waals surface area contributed by atoms with Gasteiger partial charge >= 0.3 is 0 Å². The van der Waals surface area contributed by atoms with Crippen LogP contribution in [0.5, 0.6) is 0 Å². The zero-order valence-electron chi connectivity index (χ0n) is 15.5. The number of hydrogen-bond acceptors (Lipinski definition) is 3. The van der Waals surface area contributed by atoms with Gasteiger partial charge in [-0.3, -0.25) is 9.79 Å². The molecule has 1 aromatic heterocycles. The van der Waals surface area contributed by atoms with Crippen molar-refractivity contribution >= 4 is 35.8 Å². The molecule has 0 aromatic carbocycles. The molecule has 0 saturated carbocycles. The third kappa shape index (κ3) is 6.52. The second-order valence-electron chi connectivity index (χ2n) is 6.33. The maximum Gasteiger partial charge on any atom is 0.239 e. The SMILES string of the molecule is CCC(CC)C1CCN(C(=NC)NCC(=O)NCc2ccco2)C1.I.